The van der Waals surface area contributed by atoms with Crippen LogP contribution in [0.25, 0.3) is 0 Å². The van der Waals surface area contributed by atoms with Crippen molar-refractivity contribution in [1.29, 1.82) is 0 Å². The fourth-order valence-electron chi connectivity index (χ4n) is 0.766. The smallest absolute Gasteiger partial charge is 0.185 e. The van der Waals surface area contributed by atoms with Crippen LogP contribution in [0.5, 0.6) is 0 Å². The molecule has 0 unspecified atom stereocenters. The van der Waals surface area contributed by atoms with Crippen molar-refractivity contribution in [3.63, 3.8) is 0 Å². The standard InChI is InChI=1S/C8H15FOS/c1-8(10)11-7-5-3-2-4-6-9/h2-7H2,1H3. The topological polar surface area (TPSA) is 17.1 Å². The lowest BCUT2D eigenvalue weighted by Gasteiger charge is -1.96. The Balaban J connectivity index is 2.85. The molecule has 0 aliphatic carbocycles. The summed E-state index contributed by atoms with van der Waals surface area (Å²) in [5.41, 5.74) is 0. The highest BCUT2D eigenvalue weighted by atomic mass is 32.2. The summed E-state index contributed by atoms with van der Waals surface area (Å²) < 4.78 is 11.6. The number of unbranched alkanes of at least 4 members (excludes halogenated alkanes) is 3. The van der Waals surface area contributed by atoms with Gasteiger partial charge in [-0.1, -0.05) is 24.6 Å². The fraction of sp³-hybridized carbons (Fsp3) is 0.875. The van der Waals surface area contributed by atoms with Crippen molar-refractivity contribution < 1.29 is 9.18 Å². The highest BCUT2D eigenvalue weighted by molar-refractivity contribution is 8.13. The summed E-state index contributed by atoms with van der Waals surface area (Å²) in [6, 6.07) is 0. The average Bonchev–Trinajstić information content (AvgIpc) is 1.96. The summed E-state index contributed by atoms with van der Waals surface area (Å²) in [7, 11) is 0. The maximum atomic E-state index is 11.6. The van der Waals surface area contributed by atoms with E-state index in [1.54, 1.807) is 6.92 Å². The van der Waals surface area contributed by atoms with Gasteiger partial charge >= 0.3 is 0 Å². The van der Waals surface area contributed by atoms with Gasteiger partial charge in [0.05, 0.1) is 6.67 Å². The van der Waals surface area contributed by atoms with Crippen molar-refractivity contribution >= 4 is 16.9 Å². The van der Waals surface area contributed by atoms with Gasteiger partial charge in [0.1, 0.15) is 0 Å². The second-order valence-electron chi connectivity index (χ2n) is 2.44. The van der Waals surface area contributed by atoms with Gasteiger partial charge in [0.25, 0.3) is 0 Å². The molecule has 0 aromatic heterocycles. The minimum absolute atomic E-state index is 0.176. The lowest BCUT2D eigenvalue weighted by molar-refractivity contribution is -0.109. The Morgan fingerprint density at radius 1 is 1.27 bits per heavy atom. The van der Waals surface area contributed by atoms with Crippen LogP contribution in [-0.4, -0.2) is 17.5 Å². The normalized spacial score (nSPS) is 10.0. The molecular formula is C8H15FOS. The molecule has 0 aliphatic rings. The molecule has 0 aromatic carbocycles. The van der Waals surface area contributed by atoms with Crippen LogP contribution < -0.4 is 0 Å². The van der Waals surface area contributed by atoms with Crippen LogP contribution in [0.2, 0.25) is 0 Å². The molecule has 66 valence electrons. The van der Waals surface area contributed by atoms with Gasteiger partial charge in [-0.2, -0.15) is 0 Å². The van der Waals surface area contributed by atoms with E-state index in [1.165, 1.54) is 11.8 Å². The number of thioether (sulfide) groups is 1. The number of hydrogen-bond donors (Lipinski definition) is 0. The van der Waals surface area contributed by atoms with Gasteiger partial charge in [0.2, 0.25) is 0 Å². The Kier molecular flexibility index (Phi) is 8.01. The summed E-state index contributed by atoms with van der Waals surface area (Å²) in [6.07, 6.45) is 3.70. The SMILES string of the molecule is CC(=O)SCCCCCCF. The van der Waals surface area contributed by atoms with Gasteiger partial charge in [-0.05, 0) is 12.8 Å². The van der Waals surface area contributed by atoms with Crippen molar-refractivity contribution in [3.05, 3.63) is 0 Å². The molecule has 0 fully saturated rings. The van der Waals surface area contributed by atoms with E-state index in [1.807, 2.05) is 0 Å². The monoisotopic (exact) mass is 178 g/mol. The van der Waals surface area contributed by atoms with Gasteiger partial charge in [-0.25, -0.2) is 0 Å². The van der Waals surface area contributed by atoms with E-state index < -0.39 is 0 Å². The Morgan fingerprint density at radius 2 is 1.91 bits per heavy atom. The van der Waals surface area contributed by atoms with E-state index in [2.05, 4.69) is 0 Å². The molecule has 0 bridgehead atoms. The number of hydrogen-bond acceptors (Lipinski definition) is 2. The third kappa shape index (κ3) is 9.95. The van der Waals surface area contributed by atoms with E-state index in [4.69, 9.17) is 0 Å². The zero-order valence-electron chi connectivity index (χ0n) is 6.94. The highest BCUT2D eigenvalue weighted by Gasteiger charge is 1.93. The zero-order chi connectivity index (χ0) is 8.53. The third-order valence-electron chi connectivity index (χ3n) is 1.33. The van der Waals surface area contributed by atoms with Crippen LogP contribution in [-0.2, 0) is 4.79 Å². The van der Waals surface area contributed by atoms with Crippen molar-refractivity contribution in [2.45, 2.75) is 32.6 Å². The Hall–Kier alpha value is -0.0500. The van der Waals surface area contributed by atoms with E-state index in [0.29, 0.717) is 6.42 Å². The van der Waals surface area contributed by atoms with E-state index in [0.717, 1.165) is 25.0 Å². The lowest BCUT2D eigenvalue weighted by atomic mass is 10.2. The molecule has 0 saturated carbocycles. The minimum atomic E-state index is -0.208. The molecule has 0 rings (SSSR count). The van der Waals surface area contributed by atoms with Gasteiger partial charge in [-0.3, -0.25) is 9.18 Å². The van der Waals surface area contributed by atoms with Crippen molar-refractivity contribution in [2.75, 3.05) is 12.4 Å². The number of alkyl halides is 1. The second kappa shape index (κ2) is 8.05. The lowest BCUT2D eigenvalue weighted by Crippen LogP contribution is -1.87. The van der Waals surface area contributed by atoms with Crippen molar-refractivity contribution in [2.24, 2.45) is 0 Å². The predicted octanol–water partition coefficient (Wildman–Crippen LogP) is 2.80. The molecule has 3 heteroatoms. The summed E-state index contributed by atoms with van der Waals surface area (Å²) in [5.74, 6) is 0.890. The Labute approximate surface area is 71.7 Å². The second-order valence-corrected chi connectivity index (χ2v) is 3.72. The first-order valence-electron chi connectivity index (χ1n) is 3.96. The first-order valence-corrected chi connectivity index (χ1v) is 4.95. The van der Waals surface area contributed by atoms with Gasteiger partial charge in [-0.15, -0.1) is 0 Å². The maximum absolute atomic E-state index is 11.6. The minimum Gasteiger partial charge on any atom is -0.288 e. The molecule has 0 saturated heterocycles. The number of carbonyl (C=O) groups excluding carboxylic acids is 1. The van der Waals surface area contributed by atoms with Crippen LogP contribution >= 0.6 is 11.8 Å². The molecule has 0 N–H and O–H groups in total. The van der Waals surface area contributed by atoms with Crippen LogP contribution in [0, 0.1) is 0 Å². The number of halogens is 1. The highest BCUT2D eigenvalue weighted by Crippen LogP contribution is 2.07. The third-order valence-corrected chi connectivity index (χ3v) is 2.23. The summed E-state index contributed by atoms with van der Waals surface area (Å²) in [6.45, 7) is 1.37. The zero-order valence-corrected chi connectivity index (χ0v) is 7.75. The molecule has 0 atom stereocenters. The molecule has 0 radical (unpaired) electrons. The molecule has 0 spiro atoms. The Bertz CT molecular complexity index is 106. The van der Waals surface area contributed by atoms with Crippen molar-refractivity contribution in [1.82, 2.24) is 0 Å². The average molecular weight is 178 g/mol. The van der Waals surface area contributed by atoms with E-state index >= 15 is 0 Å². The Morgan fingerprint density at radius 3 is 2.45 bits per heavy atom. The summed E-state index contributed by atoms with van der Waals surface area (Å²) in [4.78, 5) is 10.4. The molecule has 11 heavy (non-hydrogen) atoms. The molecule has 0 aromatic rings. The maximum Gasteiger partial charge on any atom is 0.185 e. The quantitative estimate of drug-likeness (QED) is 0.582. The molecule has 0 amide bonds. The first-order chi connectivity index (χ1) is 5.27. The molecule has 0 aliphatic heterocycles. The largest absolute Gasteiger partial charge is 0.288 e. The van der Waals surface area contributed by atoms with Crippen LogP contribution in [0.15, 0.2) is 0 Å². The number of carbonyl (C=O) groups is 1. The van der Waals surface area contributed by atoms with Crippen LogP contribution in [0.4, 0.5) is 4.39 Å². The molecule has 1 nitrogen and oxygen atoms in total. The fourth-order valence-corrected chi connectivity index (χ4v) is 1.40. The van der Waals surface area contributed by atoms with E-state index in [9.17, 15) is 9.18 Å². The van der Waals surface area contributed by atoms with Gasteiger partial charge in [0, 0.05) is 12.7 Å². The van der Waals surface area contributed by atoms with Crippen molar-refractivity contribution in [3.8, 4) is 0 Å². The van der Waals surface area contributed by atoms with Crippen LogP contribution in [0.1, 0.15) is 32.6 Å². The van der Waals surface area contributed by atoms with Gasteiger partial charge in [0.15, 0.2) is 5.12 Å². The van der Waals surface area contributed by atoms with E-state index in [-0.39, 0.29) is 11.8 Å². The summed E-state index contributed by atoms with van der Waals surface area (Å²) in [5, 5.41) is 0.176. The van der Waals surface area contributed by atoms with Gasteiger partial charge < -0.3 is 0 Å². The first kappa shape index (κ1) is 11.0. The predicted molar refractivity (Wildman–Crippen MR) is 47.6 cm³/mol. The number of rotatable bonds is 6. The summed E-state index contributed by atoms with van der Waals surface area (Å²) >= 11 is 1.36. The molecular weight excluding hydrogens is 163 g/mol. The van der Waals surface area contributed by atoms with Crippen LogP contribution in [0.3, 0.4) is 0 Å². The molecule has 0 heterocycles.